The molecule has 30 heavy (non-hydrogen) atoms. The monoisotopic (exact) mass is 457 g/mol. The number of carbonyl (C=O) groups is 1. The first-order chi connectivity index (χ1) is 14.1. The molecule has 0 saturated heterocycles. The second-order valence-corrected chi connectivity index (χ2v) is 8.75. The number of benzene rings is 1. The summed E-state index contributed by atoms with van der Waals surface area (Å²) in [7, 11) is 0. The summed E-state index contributed by atoms with van der Waals surface area (Å²) in [6.07, 6.45) is -1.11. The van der Waals surface area contributed by atoms with E-state index in [-0.39, 0.29) is 12.4 Å². The topological polar surface area (TPSA) is 56.1 Å². The van der Waals surface area contributed by atoms with Crippen molar-refractivity contribution in [1.82, 2.24) is 9.55 Å². The van der Waals surface area contributed by atoms with Crippen LogP contribution in [0.2, 0.25) is 4.34 Å². The lowest BCUT2D eigenvalue weighted by molar-refractivity contribution is -0.137. The van der Waals surface area contributed by atoms with E-state index in [0.717, 1.165) is 35.5 Å². The van der Waals surface area contributed by atoms with Crippen LogP contribution in [0.15, 0.2) is 42.7 Å². The van der Waals surface area contributed by atoms with Gasteiger partial charge in [0, 0.05) is 12.3 Å². The number of hydrogen-bond donors (Lipinski definition) is 1. The highest BCUT2D eigenvalue weighted by atomic mass is 35.5. The van der Waals surface area contributed by atoms with Crippen molar-refractivity contribution in [3.8, 4) is 5.88 Å². The molecule has 10 heteroatoms. The molecule has 0 atom stereocenters. The number of anilines is 1. The van der Waals surface area contributed by atoms with Crippen LogP contribution < -0.4 is 10.1 Å². The van der Waals surface area contributed by atoms with Gasteiger partial charge in [-0.25, -0.2) is 9.78 Å². The number of carbonyl (C=O) groups excluding carboxylic acids is 1. The molecule has 1 aromatic carbocycles. The van der Waals surface area contributed by atoms with Crippen LogP contribution in [-0.4, -0.2) is 15.6 Å². The third-order valence-electron chi connectivity index (χ3n) is 4.08. The van der Waals surface area contributed by atoms with Gasteiger partial charge in [-0.2, -0.15) is 13.2 Å². The average Bonchev–Trinajstić information content (AvgIpc) is 3.20. The molecule has 3 aromatic rings. The zero-order valence-electron chi connectivity index (χ0n) is 16.2. The molecule has 0 aliphatic rings. The maximum Gasteiger partial charge on any atom is 0.420 e. The fourth-order valence-corrected chi connectivity index (χ4v) is 3.65. The van der Waals surface area contributed by atoms with Crippen molar-refractivity contribution in [1.29, 1.82) is 0 Å². The van der Waals surface area contributed by atoms with E-state index < -0.39 is 17.8 Å². The van der Waals surface area contributed by atoms with Gasteiger partial charge in [0.05, 0.1) is 18.3 Å². The lowest BCUT2D eigenvalue weighted by Gasteiger charge is -2.11. The maximum atomic E-state index is 12.8. The first-order valence-electron chi connectivity index (χ1n) is 9.05. The summed E-state index contributed by atoms with van der Waals surface area (Å²) in [4.78, 5) is 16.2. The zero-order valence-corrected chi connectivity index (χ0v) is 17.7. The van der Waals surface area contributed by atoms with Crippen molar-refractivity contribution >= 4 is 34.2 Å². The van der Waals surface area contributed by atoms with Crippen molar-refractivity contribution in [2.45, 2.75) is 33.0 Å². The predicted octanol–water partition coefficient (Wildman–Crippen LogP) is 6.47. The van der Waals surface area contributed by atoms with Crippen molar-refractivity contribution in [3.63, 3.8) is 0 Å². The van der Waals surface area contributed by atoms with Gasteiger partial charge in [0.15, 0.2) is 5.13 Å². The highest BCUT2D eigenvalue weighted by molar-refractivity contribution is 7.19. The summed E-state index contributed by atoms with van der Waals surface area (Å²) >= 11 is 6.89. The highest BCUT2D eigenvalue weighted by Crippen LogP contribution is 2.30. The minimum atomic E-state index is -4.39. The number of nitrogens with one attached hydrogen (secondary N) is 1. The Labute approximate surface area is 180 Å². The molecule has 0 bridgehead atoms. The molecule has 5 nitrogen and oxygen atoms in total. The Morgan fingerprint density at radius 2 is 1.97 bits per heavy atom. The molecule has 0 aliphatic heterocycles. The molecule has 2 aromatic heterocycles. The summed E-state index contributed by atoms with van der Waals surface area (Å²) in [6, 6.07) is 6.64. The summed E-state index contributed by atoms with van der Waals surface area (Å²) in [5, 5.41) is 2.80. The van der Waals surface area contributed by atoms with Gasteiger partial charge in [0.1, 0.15) is 4.34 Å². The minimum Gasteiger partial charge on any atom is -0.393 e. The van der Waals surface area contributed by atoms with Gasteiger partial charge in [0.25, 0.3) is 0 Å². The number of ether oxygens (including phenoxy) is 1. The third-order valence-corrected chi connectivity index (χ3v) is 5.11. The third kappa shape index (κ3) is 5.99. The molecule has 1 amide bonds. The summed E-state index contributed by atoms with van der Waals surface area (Å²) in [5.41, 5.74) is 0.890. The van der Waals surface area contributed by atoms with Crippen molar-refractivity contribution in [3.05, 3.63) is 63.8 Å². The van der Waals surface area contributed by atoms with E-state index in [2.05, 4.69) is 24.1 Å². The molecule has 0 fully saturated rings. The number of halogens is 4. The van der Waals surface area contributed by atoms with E-state index in [0.29, 0.717) is 20.9 Å². The van der Waals surface area contributed by atoms with Crippen LogP contribution in [0.5, 0.6) is 5.88 Å². The predicted molar refractivity (Wildman–Crippen MR) is 110 cm³/mol. The first kappa shape index (κ1) is 22.2. The normalized spacial score (nSPS) is 11.7. The van der Waals surface area contributed by atoms with Gasteiger partial charge < -0.3 is 9.30 Å². The maximum absolute atomic E-state index is 12.8. The molecule has 160 valence electrons. The Morgan fingerprint density at radius 1 is 1.27 bits per heavy atom. The molecule has 0 saturated carbocycles. The van der Waals surface area contributed by atoms with Crippen LogP contribution in [0.1, 0.15) is 30.5 Å². The number of amides is 1. The Balaban J connectivity index is 1.78. The molecular weight excluding hydrogens is 439 g/mol. The van der Waals surface area contributed by atoms with Gasteiger partial charge in [-0.15, -0.1) is 0 Å². The highest BCUT2D eigenvalue weighted by Gasteiger charge is 2.30. The van der Waals surface area contributed by atoms with Gasteiger partial charge >= 0.3 is 12.3 Å². The number of alkyl halides is 3. The molecule has 0 radical (unpaired) electrons. The van der Waals surface area contributed by atoms with E-state index in [9.17, 15) is 18.0 Å². The number of hydrogen-bond acceptors (Lipinski definition) is 4. The first-order valence-corrected chi connectivity index (χ1v) is 10.2. The molecule has 0 spiro atoms. The Bertz CT molecular complexity index is 1010. The van der Waals surface area contributed by atoms with Crippen LogP contribution in [0.25, 0.3) is 0 Å². The zero-order chi connectivity index (χ0) is 21.9. The lowest BCUT2D eigenvalue weighted by Crippen LogP contribution is -2.18. The van der Waals surface area contributed by atoms with Gasteiger partial charge in [-0.05, 0) is 35.6 Å². The summed E-state index contributed by atoms with van der Waals surface area (Å²) < 4.78 is 45.9. The van der Waals surface area contributed by atoms with E-state index in [4.69, 9.17) is 16.3 Å². The van der Waals surface area contributed by atoms with Crippen LogP contribution in [0.4, 0.5) is 23.1 Å². The van der Waals surface area contributed by atoms with Crippen molar-refractivity contribution in [2.24, 2.45) is 5.92 Å². The lowest BCUT2D eigenvalue weighted by atomic mass is 10.1. The number of nitrogens with zero attached hydrogens (tertiary/aromatic N) is 2. The largest absolute Gasteiger partial charge is 0.420 e. The van der Waals surface area contributed by atoms with Crippen molar-refractivity contribution < 1.29 is 22.7 Å². The van der Waals surface area contributed by atoms with Crippen LogP contribution in [-0.2, 0) is 19.1 Å². The number of rotatable bonds is 6. The average molecular weight is 458 g/mol. The quantitative estimate of drug-likeness (QED) is 0.461. The van der Waals surface area contributed by atoms with Crippen molar-refractivity contribution in [2.75, 3.05) is 5.32 Å². The summed E-state index contributed by atoms with van der Waals surface area (Å²) in [5.74, 6) is 0.664. The van der Waals surface area contributed by atoms with E-state index in [1.807, 2.05) is 6.20 Å². The van der Waals surface area contributed by atoms with Crippen LogP contribution >= 0.6 is 22.9 Å². The minimum absolute atomic E-state index is 0.252. The molecule has 0 unspecified atom stereocenters. The smallest absolute Gasteiger partial charge is 0.393 e. The Hall–Kier alpha value is -2.52. The molecular formula is C20H19ClF3N3O2S. The van der Waals surface area contributed by atoms with E-state index >= 15 is 0 Å². The van der Waals surface area contributed by atoms with Gasteiger partial charge in [-0.3, -0.25) is 5.32 Å². The van der Waals surface area contributed by atoms with Gasteiger partial charge in [0.2, 0.25) is 5.88 Å². The molecule has 1 N–H and O–H groups in total. The SMILES string of the molecule is CC(C)Cc1cc(OC(=O)Nc2ncc(Cl)s2)n(Cc2ccc(C(F)(F)F)cc2)c1. The fraction of sp³-hybridized carbons (Fsp3) is 0.300. The fourth-order valence-electron chi connectivity index (χ4n) is 2.85. The second kappa shape index (κ2) is 9.09. The molecule has 0 aliphatic carbocycles. The summed E-state index contributed by atoms with van der Waals surface area (Å²) in [6.45, 7) is 4.38. The van der Waals surface area contributed by atoms with E-state index in [1.54, 1.807) is 10.6 Å². The number of thiazole rings is 1. The molecule has 2 heterocycles. The van der Waals surface area contributed by atoms with Crippen LogP contribution in [0.3, 0.4) is 0 Å². The van der Waals surface area contributed by atoms with E-state index in [1.165, 1.54) is 18.3 Å². The van der Waals surface area contributed by atoms with Gasteiger partial charge in [-0.1, -0.05) is 48.9 Å². The second-order valence-electron chi connectivity index (χ2n) is 7.09. The van der Waals surface area contributed by atoms with Crippen LogP contribution in [0, 0.1) is 5.92 Å². The number of aromatic nitrogens is 2. The Kier molecular flexibility index (Phi) is 6.72. The standard InChI is InChI=1S/C20H19ClF3N3O2S/c1-12(2)7-14-8-17(29-19(28)26-18-25-9-16(21)30-18)27(11-14)10-13-3-5-15(6-4-13)20(22,23)24/h3-6,8-9,11-12H,7,10H2,1-2H3,(H,25,26,28). The molecule has 3 rings (SSSR count). The Morgan fingerprint density at radius 3 is 2.53 bits per heavy atom.